The summed E-state index contributed by atoms with van der Waals surface area (Å²) in [5.74, 6) is -0.882. The molecule has 1 saturated heterocycles. The predicted molar refractivity (Wildman–Crippen MR) is 95.7 cm³/mol. The van der Waals surface area contributed by atoms with Gasteiger partial charge in [0.05, 0.1) is 5.56 Å². The number of anilines is 1. The third-order valence-electron chi connectivity index (χ3n) is 4.24. The number of benzene rings is 2. The number of halogens is 3. The van der Waals surface area contributed by atoms with Crippen LogP contribution in [-0.4, -0.2) is 37.0 Å². The first-order chi connectivity index (χ1) is 11.5. The van der Waals surface area contributed by atoms with Crippen LogP contribution in [0.3, 0.4) is 0 Å². The van der Waals surface area contributed by atoms with Gasteiger partial charge in [-0.25, -0.2) is 4.39 Å². The highest BCUT2D eigenvalue weighted by atomic mass is 35.5. The fourth-order valence-electron chi connectivity index (χ4n) is 2.91. The summed E-state index contributed by atoms with van der Waals surface area (Å²) < 4.78 is 13.9. The van der Waals surface area contributed by atoms with Crippen molar-refractivity contribution in [1.82, 2.24) is 4.90 Å². The SMILES string of the molecule is Cc1ccc(Cl)cc1N1CCN(C(=O)c2ccc(Cl)cc2F)CC1. The molecule has 1 aliphatic heterocycles. The number of piperazine rings is 1. The van der Waals surface area contributed by atoms with Crippen LogP contribution in [0.25, 0.3) is 0 Å². The van der Waals surface area contributed by atoms with E-state index in [-0.39, 0.29) is 16.5 Å². The van der Waals surface area contributed by atoms with Gasteiger partial charge < -0.3 is 9.80 Å². The van der Waals surface area contributed by atoms with E-state index in [0.717, 1.165) is 11.3 Å². The summed E-state index contributed by atoms with van der Waals surface area (Å²) in [4.78, 5) is 16.4. The van der Waals surface area contributed by atoms with Crippen molar-refractivity contribution in [2.24, 2.45) is 0 Å². The molecule has 3 nitrogen and oxygen atoms in total. The van der Waals surface area contributed by atoms with E-state index in [9.17, 15) is 9.18 Å². The fourth-order valence-corrected chi connectivity index (χ4v) is 3.23. The van der Waals surface area contributed by atoms with Gasteiger partial charge in [-0.1, -0.05) is 29.3 Å². The van der Waals surface area contributed by atoms with Crippen LogP contribution in [0, 0.1) is 12.7 Å². The molecule has 0 unspecified atom stereocenters. The summed E-state index contributed by atoms with van der Waals surface area (Å²) in [7, 11) is 0. The average Bonchev–Trinajstić information content (AvgIpc) is 2.57. The molecule has 24 heavy (non-hydrogen) atoms. The van der Waals surface area contributed by atoms with Crippen molar-refractivity contribution in [3.05, 3.63) is 63.4 Å². The molecular formula is C18H17Cl2FN2O. The Balaban J connectivity index is 1.70. The molecule has 2 aromatic rings. The van der Waals surface area contributed by atoms with Crippen molar-refractivity contribution in [2.45, 2.75) is 6.92 Å². The van der Waals surface area contributed by atoms with Crippen LogP contribution in [0.1, 0.15) is 15.9 Å². The van der Waals surface area contributed by atoms with Gasteiger partial charge in [0.1, 0.15) is 5.82 Å². The maximum absolute atomic E-state index is 13.9. The first-order valence-electron chi connectivity index (χ1n) is 7.71. The van der Waals surface area contributed by atoms with E-state index < -0.39 is 5.82 Å². The number of hydrogen-bond donors (Lipinski definition) is 0. The average molecular weight is 367 g/mol. The number of carbonyl (C=O) groups excluding carboxylic acids is 1. The summed E-state index contributed by atoms with van der Waals surface area (Å²) in [6, 6.07) is 9.92. The first-order valence-corrected chi connectivity index (χ1v) is 8.47. The van der Waals surface area contributed by atoms with Gasteiger partial charge in [0.25, 0.3) is 5.91 Å². The summed E-state index contributed by atoms with van der Waals surface area (Å²) in [6.45, 7) is 4.47. The molecule has 0 radical (unpaired) electrons. The maximum Gasteiger partial charge on any atom is 0.256 e. The number of amides is 1. The molecule has 1 heterocycles. The van der Waals surface area contributed by atoms with Crippen molar-refractivity contribution in [3.8, 4) is 0 Å². The Morgan fingerprint density at radius 2 is 1.62 bits per heavy atom. The van der Waals surface area contributed by atoms with Crippen molar-refractivity contribution in [2.75, 3.05) is 31.1 Å². The van der Waals surface area contributed by atoms with Crippen LogP contribution in [0.5, 0.6) is 0 Å². The molecule has 0 spiro atoms. The zero-order valence-corrected chi connectivity index (χ0v) is 14.7. The number of nitrogens with zero attached hydrogens (tertiary/aromatic N) is 2. The van der Waals surface area contributed by atoms with E-state index in [4.69, 9.17) is 23.2 Å². The first kappa shape index (κ1) is 17.1. The third kappa shape index (κ3) is 3.50. The quantitative estimate of drug-likeness (QED) is 0.785. The van der Waals surface area contributed by atoms with Gasteiger partial charge in [-0.2, -0.15) is 0 Å². The second kappa shape index (κ2) is 6.99. The lowest BCUT2D eigenvalue weighted by atomic mass is 10.1. The standard InChI is InChI=1S/C18H17Cl2FN2O/c1-12-2-3-14(20)11-17(12)22-6-8-23(9-7-22)18(24)15-5-4-13(19)10-16(15)21/h2-5,10-11H,6-9H2,1H3. The molecule has 0 bridgehead atoms. The highest BCUT2D eigenvalue weighted by Crippen LogP contribution is 2.26. The van der Waals surface area contributed by atoms with E-state index in [0.29, 0.717) is 31.2 Å². The van der Waals surface area contributed by atoms with Gasteiger partial charge in [-0.3, -0.25) is 4.79 Å². The van der Waals surface area contributed by atoms with Gasteiger partial charge in [-0.05, 0) is 42.8 Å². The maximum atomic E-state index is 13.9. The second-order valence-corrected chi connectivity index (χ2v) is 6.71. The monoisotopic (exact) mass is 366 g/mol. The lowest BCUT2D eigenvalue weighted by Crippen LogP contribution is -2.49. The summed E-state index contributed by atoms with van der Waals surface area (Å²) in [5, 5.41) is 0.975. The van der Waals surface area contributed by atoms with E-state index in [1.165, 1.54) is 18.2 Å². The summed E-state index contributed by atoms with van der Waals surface area (Å²) in [6.07, 6.45) is 0. The van der Waals surface area contributed by atoms with Crippen LogP contribution in [0.15, 0.2) is 36.4 Å². The van der Waals surface area contributed by atoms with Crippen molar-refractivity contribution >= 4 is 34.8 Å². The van der Waals surface area contributed by atoms with E-state index in [2.05, 4.69) is 4.90 Å². The zero-order valence-electron chi connectivity index (χ0n) is 13.2. The normalized spacial score (nSPS) is 14.8. The largest absolute Gasteiger partial charge is 0.368 e. The molecule has 126 valence electrons. The zero-order chi connectivity index (χ0) is 17.3. The minimum atomic E-state index is -0.583. The second-order valence-electron chi connectivity index (χ2n) is 5.83. The summed E-state index contributed by atoms with van der Waals surface area (Å²) in [5.41, 5.74) is 2.28. The molecular weight excluding hydrogens is 350 g/mol. The van der Waals surface area contributed by atoms with Gasteiger partial charge in [0, 0.05) is 41.9 Å². The number of carbonyl (C=O) groups is 1. The van der Waals surface area contributed by atoms with E-state index in [1.54, 1.807) is 4.90 Å². The van der Waals surface area contributed by atoms with Crippen molar-refractivity contribution < 1.29 is 9.18 Å². The molecule has 1 aliphatic rings. The molecule has 1 amide bonds. The third-order valence-corrected chi connectivity index (χ3v) is 4.71. The van der Waals surface area contributed by atoms with Crippen LogP contribution in [0.2, 0.25) is 10.0 Å². The molecule has 1 fully saturated rings. The van der Waals surface area contributed by atoms with Gasteiger partial charge >= 0.3 is 0 Å². The smallest absolute Gasteiger partial charge is 0.256 e. The van der Waals surface area contributed by atoms with Crippen LogP contribution >= 0.6 is 23.2 Å². The lowest BCUT2D eigenvalue weighted by molar-refractivity contribution is 0.0742. The Kier molecular flexibility index (Phi) is 4.97. The van der Waals surface area contributed by atoms with E-state index in [1.807, 2.05) is 25.1 Å². The lowest BCUT2D eigenvalue weighted by Gasteiger charge is -2.37. The molecule has 0 atom stereocenters. The Morgan fingerprint density at radius 1 is 1.00 bits per heavy atom. The van der Waals surface area contributed by atoms with Crippen LogP contribution in [-0.2, 0) is 0 Å². The van der Waals surface area contributed by atoms with Crippen LogP contribution < -0.4 is 4.90 Å². The summed E-state index contributed by atoms with van der Waals surface area (Å²) >= 11 is 11.8. The van der Waals surface area contributed by atoms with Gasteiger partial charge in [-0.15, -0.1) is 0 Å². The van der Waals surface area contributed by atoms with Crippen molar-refractivity contribution in [1.29, 1.82) is 0 Å². The van der Waals surface area contributed by atoms with Crippen molar-refractivity contribution in [3.63, 3.8) is 0 Å². The Bertz CT molecular complexity index is 774. The van der Waals surface area contributed by atoms with E-state index >= 15 is 0 Å². The molecule has 0 aliphatic carbocycles. The topological polar surface area (TPSA) is 23.6 Å². The highest BCUT2D eigenvalue weighted by Gasteiger charge is 2.25. The Hall–Kier alpha value is -1.78. The number of rotatable bonds is 2. The van der Waals surface area contributed by atoms with Gasteiger partial charge in [0.2, 0.25) is 0 Å². The number of hydrogen-bond acceptors (Lipinski definition) is 2. The molecule has 2 aromatic carbocycles. The molecule has 6 heteroatoms. The minimum absolute atomic E-state index is 0.0618. The Morgan fingerprint density at radius 3 is 2.29 bits per heavy atom. The molecule has 0 N–H and O–H groups in total. The Labute approximate surface area is 150 Å². The fraction of sp³-hybridized carbons (Fsp3) is 0.278. The predicted octanol–water partition coefficient (Wildman–Crippen LogP) is 4.40. The molecule has 3 rings (SSSR count). The highest BCUT2D eigenvalue weighted by molar-refractivity contribution is 6.31. The van der Waals surface area contributed by atoms with Gasteiger partial charge in [0.15, 0.2) is 0 Å². The number of aryl methyl sites for hydroxylation is 1. The minimum Gasteiger partial charge on any atom is -0.368 e. The van der Waals surface area contributed by atoms with Crippen LogP contribution in [0.4, 0.5) is 10.1 Å². The molecule has 0 saturated carbocycles. The molecule has 0 aromatic heterocycles.